The molecule has 0 aliphatic carbocycles. The van der Waals surface area contributed by atoms with Gasteiger partial charge in [-0.1, -0.05) is 23.5 Å². The largest absolute Gasteiger partial charge is 0.494 e. The number of ether oxygens (including phenoxy) is 1. The first-order chi connectivity index (χ1) is 8.24. The number of aromatic nitrogens is 1. The summed E-state index contributed by atoms with van der Waals surface area (Å²) in [6.45, 7) is 4.71. The molecule has 0 aliphatic rings. The molecule has 0 amide bonds. The van der Waals surface area contributed by atoms with Gasteiger partial charge in [-0.05, 0) is 31.5 Å². The van der Waals surface area contributed by atoms with Crippen LogP contribution in [-0.4, -0.2) is 18.6 Å². The van der Waals surface area contributed by atoms with E-state index in [1.807, 2.05) is 33.0 Å². The molecular formula is C13H16N2OS. The standard InChI is InChI=1S/C13H16N2OS/c1-4-16-11-7-5-6-10(8-11)12-9(2)15-13(14-3)17-12/h5-8H,4H2,1-3H3,(H,14,15). The van der Waals surface area contributed by atoms with Crippen molar-refractivity contribution in [2.24, 2.45) is 0 Å². The predicted molar refractivity (Wildman–Crippen MR) is 73.0 cm³/mol. The fourth-order valence-corrected chi connectivity index (χ4v) is 2.58. The van der Waals surface area contributed by atoms with Crippen LogP contribution in [0.4, 0.5) is 5.13 Å². The molecule has 0 saturated heterocycles. The maximum atomic E-state index is 5.51. The van der Waals surface area contributed by atoms with Crippen LogP contribution in [0.15, 0.2) is 24.3 Å². The van der Waals surface area contributed by atoms with E-state index in [2.05, 4.69) is 22.4 Å². The van der Waals surface area contributed by atoms with Gasteiger partial charge in [-0.2, -0.15) is 0 Å². The van der Waals surface area contributed by atoms with E-state index in [0.717, 1.165) is 22.1 Å². The molecule has 2 rings (SSSR count). The number of aryl methyl sites for hydroxylation is 1. The second-order valence-electron chi connectivity index (χ2n) is 3.64. The molecule has 0 radical (unpaired) electrons. The van der Waals surface area contributed by atoms with Crippen LogP contribution in [0, 0.1) is 6.92 Å². The van der Waals surface area contributed by atoms with Gasteiger partial charge in [0.05, 0.1) is 17.2 Å². The van der Waals surface area contributed by atoms with Crippen molar-refractivity contribution in [2.75, 3.05) is 19.0 Å². The number of hydrogen-bond donors (Lipinski definition) is 1. The third-order valence-electron chi connectivity index (χ3n) is 2.42. The van der Waals surface area contributed by atoms with Gasteiger partial charge in [-0.25, -0.2) is 4.98 Å². The summed E-state index contributed by atoms with van der Waals surface area (Å²) in [5.74, 6) is 0.906. The summed E-state index contributed by atoms with van der Waals surface area (Å²) in [6, 6.07) is 8.13. The number of benzene rings is 1. The van der Waals surface area contributed by atoms with Crippen molar-refractivity contribution in [1.29, 1.82) is 0 Å². The molecule has 0 spiro atoms. The zero-order valence-corrected chi connectivity index (χ0v) is 11.1. The minimum atomic E-state index is 0.687. The van der Waals surface area contributed by atoms with Crippen molar-refractivity contribution in [1.82, 2.24) is 4.98 Å². The Labute approximate surface area is 105 Å². The number of rotatable bonds is 4. The number of hydrogen-bond acceptors (Lipinski definition) is 4. The van der Waals surface area contributed by atoms with E-state index in [4.69, 9.17) is 4.74 Å². The highest BCUT2D eigenvalue weighted by atomic mass is 32.1. The number of nitrogens with zero attached hydrogens (tertiary/aromatic N) is 1. The molecule has 0 bridgehead atoms. The lowest BCUT2D eigenvalue weighted by molar-refractivity contribution is 0.340. The zero-order valence-electron chi connectivity index (χ0n) is 10.3. The first kappa shape index (κ1) is 11.9. The molecule has 0 saturated carbocycles. The van der Waals surface area contributed by atoms with Gasteiger partial charge >= 0.3 is 0 Å². The monoisotopic (exact) mass is 248 g/mol. The lowest BCUT2D eigenvalue weighted by Gasteiger charge is -2.04. The minimum absolute atomic E-state index is 0.687. The van der Waals surface area contributed by atoms with Crippen LogP contribution in [-0.2, 0) is 0 Å². The average molecular weight is 248 g/mol. The van der Waals surface area contributed by atoms with Gasteiger partial charge in [0.15, 0.2) is 5.13 Å². The van der Waals surface area contributed by atoms with Crippen molar-refractivity contribution in [3.05, 3.63) is 30.0 Å². The molecule has 1 aromatic heterocycles. The van der Waals surface area contributed by atoms with Crippen molar-refractivity contribution in [3.63, 3.8) is 0 Å². The Bertz CT molecular complexity index is 508. The van der Waals surface area contributed by atoms with E-state index in [1.165, 1.54) is 4.88 Å². The number of nitrogens with one attached hydrogen (secondary N) is 1. The molecule has 1 N–H and O–H groups in total. The maximum absolute atomic E-state index is 5.51. The van der Waals surface area contributed by atoms with E-state index in [1.54, 1.807) is 11.3 Å². The van der Waals surface area contributed by atoms with Gasteiger partial charge in [0.2, 0.25) is 0 Å². The molecule has 1 heterocycles. The lowest BCUT2D eigenvalue weighted by atomic mass is 10.1. The smallest absolute Gasteiger partial charge is 0.183 e. The molecule has 4 heteroatoms. The lowest BCUT2D eigenvalue weighted by Crippen LogP contribution is -1.91. The fourth-order valence-electron chi connectivity index (χ4n) is 1.66. The SMILES string of the molecule is CCOc1cccc(-c2sc(NC)nc2C)c1. The Balaban J connectivity index is 2.37. The molecular weight excluding hydrogens is 232 g/mol. The van der Waals surface area contributed by atoms with E-state index < -0.39 is 0 Å². The second kappa shape index (κ2) is 5.19. The third kappa shape index (κ3) is 2.58. The van der Waals surface area contributed by atoms with Crippen molar-refractivity contribution in [2.45, 2.75) is 13.8 Å². The summed E-state index contributed by atoms with van der Waals surface area (Å²) in [7, 11) is 1.89. The van der Waals surface area contributed by atoms with Gasteiger partial charge in [0.1, 0.15) is 5.75 Å². The van der Waals surface area contributed by atoms with E-state index in [0.29, 0.717) is 6.61 Å². The van der Waals surface area contributed by atoms with Gasteiger partial charge in [0.25, 0.3) is 0 Å². The topological polar surface area (TPSA) is 34.1 Å². The van der Waals surface area contributed by atoms with Gasteiger partial charge in [-0.15, -0.1) is 0 Å². The molecule has 2 aromatic rings. The van der Waals surface area contributed by atoms with E-state index in [-0.39, 0.29) is 0 Å². The summed E-state index contributed by atoms with van der Waals surface area (Å²) in [5.41, 5.74) is 2.21. The Morgan fingerprint density at radius 3 is 2.88 bits per heavy atom. The molecule has 17 heavy (non-hydrogen) atoms. The minimum Gasteiger partial charge on any atom is -0.494 e. The Morgan fingerprint density at radius 1 is 1.41 bits per heavy atom. The van der Waals surface area contributed by atoms with Crippen LogP contribution < -0.4 is 10.1 Å². The summed E-state index contributed by atoms with van der Waals surface area (Å²) >= 11 is 1.66. The van der Waals surface area contributed by atoms with Gasteiger partial charge in [0, 0.05) is 7.05 Å². The van der Waals surface area contributed by atoms with E-state index >= 15 is 0 Å². The first-order valence-corrected chi connectivity index (χ1v) is 6.44. The van der Waals surface area contributed by atoms with Crippen LogP contribution >= 0.6 is 11.3 Å². The van der Waals surface area contributed by atoms with E-state index in [9.17, 15) is 0 Å². The Morgan fingerprint density at radius 2 is 2.24 bits per heavy atom. The predicted octanol–water partition coefficient (Wildman–Crippen LogP) is 3.56. The fraction of sp³-hybridized carbons (Fsp3) is 0.308. The molecule has 3 nitrogen and oxygen atoms in total. The molecule has 90 valence electrons. The van der Waals surface area contributed by atoms with Crippen molar-refractivity contribution < 1.29 is 4.74 Å². The maximum Gasteiger partial charge on any atom is 0.183 e. The third-order valence-corrected chi connectivity index (χ3v) is 3.64. The highest BCUT2D eigenvalue weighted by Gasteiger charge is 2.09. The second-order valence-corrected chi connectivity index (χ2v) is 4.64. The van der Waals surface area contributed by atoms with Crippen LogP contribution in [0.1, 0.15) is 12.6 Å². The van der Waals surface area contributed by atoms with Crippen LogP contribution in [0.25, 0.3) is 10.4 Å². The highest BCUT2D eigenvalue weighted by molar-refractivity contribution is 7.19. The molecule has 0 aliphatic heterocycles. The van der Waals surface area contributed by atoms with Crippen LogP contribution in [0.2, 0.25) is 0 Å². The molecule has 1 aromatic carbocycles. The molecule has 0 fully saturated rings. The number of thiazole rings is 1. The highest BCUT2D eigenvalue weighted by Crippen LogP contribution is 2.33. The van der Waals surface area contributed by atoms with Crippen LogP contribution in [0.3, 0.4) is 0 Å². The average Bonchev–Trinajstić information content (AvgIpc) is 2.71. The summed E-state index contributed by atoms with van der Waals surface area (Å²) in [6.07, 6.45) is 0. The van der Waals surface area contributed by atoms with Gasteiger partial charge < -0.3 is 10.1 Å². The van der Waals surface area contributed by atoms with Crippen LogP contribution in [0.5, 0.6) is 5.75 Å². The first-order valence-electron chi connectivity index (χ1n) is 5.63. The van der Waals surface area contributed by atoms with Crippen molar-refractivity contribution >= 4 is 16.5 Å². The number of anilines is 1. The molecule has 0 unspecified atom stereocenters. The normalized spacial score (nSPS) is 10.3. The summed E-state index contributed by atoms with van der Waals surface area (Å²) in [4.78, 5) is 5.64. The zero-order chi connectivity index (χ0) is 12.3. The summed E-state index contributed by atoms with van der Waals surface area (Å²) in [5, 5.41) is 4.02. The van der Waals surface area contributed by atoms with Gasteiger partial charge in [-0.3, -0.25) is 0 Å². The summed E-state index contributed by atoms with van der Waals surface area (Å²) < 4.78 is 5.51. The molecule has 0 atom stereocenters. The quantitative estimate of drug-likeness (QED) is 0.898. The Kier molecular flexibility index (Phi) is 3.64. The van der Waals surface area contributed by atoms with Crippen molar-refractivity contribution in [3.8, 4) is 16.2 Å². The Hall–Kier alpha value is -1.55.